The fourth-order valence-corrected chi connectivity index (χ4v) is 2.67. The lowest BCUT2D eigenvalue weighted by Gasteiger charge is -2.09. The van der Waals surface area contributed by atoms with E-state index in [-0.39, 0.29) is 12.4 Å². The minimum atomic E-state index is -0.305. The van der Waals surface area contributed by atoms with Crippen LogP contribution >= 0.6 is 0 Å². The molecule has 26 heavy (non-hydrogen) atoms. The number of aliphatic hydroxyl groups excluding tert-OH is 1. The summed E-state index contributed by atoms with van der Waals surface area (Å²) in [6.07, 6.45) is 6.70. The molecule has 0 amide bonds. The smallest absolute Gasteiger partial charge is 0.222 e. The number of rotatable bonds is 5. The highest BCUT2D eigenvalue weighted by Crippen LogP contribution is 2.27. The SMILES string of the molecule is OCCNc1ncc(-c2nc3ccncc3n2-c2ccc(F)cc2)cn1. The molecule has 0 fully saturated rings. The van der Waals surface area contributed by atoms with Crippen molar-refractivity contribution < 1.29 is 9.50 Å². The van der Waals surface area contributed by atoms with Gasteiger partial charge in [0.2, 0.25) is 5.95 Å². The second kappa shape index (κ2) is 6.85. The summed E-state index contributed by atoms with van der Waals surface area (Å²) in [5.74, 6) is 0.753. The first-order valence-corrected chi connectivity index (χ1v) is 8.02. The van der Waals surface area contributed by atoms with Crippen molar-refractivity contribution in [2.24, 2.45) is 0 Å². The zero-order valence-electron chi connectivity index (χ0n) is 13.7. The molecule has 0 unspecified atom stereocenters. The molecule has 0 saturated carbocycles. The highest BCUT2D eigenvalue weighted by molar-refractivity contribution is 5.82. The van der Waals surface area contributed by atoms with Crippen LogP contribution in [0.5, 0.6) is 0 Å². The van der Waals surface area contributed by atoms with Crippen LogP contribution in [-0.2, 0) is 0 Å². The number of hydrogen-bond acceptors (Lipinski definition) is 6. The van der Waals surface area contributed by atoms with Crippen molar-refractivity contribution in [3.63, 3.8) is 0 Å². The normalized spacial score (nSPS) is 11.0. The van der Waals surface area contributed by atoms with Crippen LogP contribution in [0, 0.1) is 5.82 Å². The van der Waals surface area contributed by atoms with E-state index in [9.17, 15) is 4.39 Å². The highest BCUT2D eigenvalue weighted by atomic mass is 19.1. The van der Waals surface area contributed by atoms with Crippen molar-refractivity contribution in [3.05, 3.63) is 60.9 Å². The molecule has 130 valence electrons. The average molecular weight is 350 g/mol. The number of imidazole rings is 1. The highest BCUT2D eigenvalue weighted by Gasteiger charge is 2.15. The first-order valence-electron chi connectivity index (χ1n) is 8.02. The van der Waals surface area contributed by atoms with E-state index >= 15 is 0 Å². The van der Waals surface area contributed by atoms with Crippen molar-refractivity contribution >= 4 is 17.0 Å². The first-order chi connectivity index (χ1) is 12.8. The molecular formula is C18H15FN6O. The summed E-state index contributed by atoms with van der Waals surface area (Å²) in [4.78, 5) is 17.3. The maximum Gasteiger partial charge on any atom is 0.222 e. The average Bonchev–Trinajstić information content (AvgIpc) is 3.07. The lowest BCUT2D eigenvalue weighted by molar-refractivity contribution is 0.311. The van der Waals surface area contributed by atoms with E-state index < -0.39 is 0 Å². The Kier molecular flexibility index (Phi) is 4.24. The molecule has 0 atom stereocenters. The molecule has 4 rings (SSSR count). The summed E-state index contributed by atoms with van der Waals surface area (Å²) in [7, 11) is 0. The number of halogens is 1. The van der Waals surface area contributed by atoms with Crippen molar-refractivity contribution in [2.75, 3.05) is 18.5 Å². The number of nitrogens with zero attached hydrogens (tertiary/aromatic N) is 5. The Morgan fingerprint density at radius 2 is 1.81 bits per heavy atom. The van der Waals surface area contributed by atoms with Crippen molar-refractivity contribution in [3.8, 4) is 17.1 Å². The van der Waals surface area contributed by atoms with Crippen LogP contribution in [0.1, 0.15) is 0 Å². The Morgan fingerprint density at radius 1 is 1.04 bits per heavy atom. The standard InChI is InChI=1S/C18H15FN6O/c19-13-1-3-14(4-2-13)25-16-11-20-6-5-15(16)24-17(25)12-9-22-18(23-10-12)21-7-8-26/h1-6,9-11,26H,7-8H2,(H,21,22,23). The van der Waals surface area contributed by atoms with Gasteiger partial charge in [0.15, 0.2) is 0 Å². The Bertz CT molecular complexity index is 1030. The van der Waals surface area contributed by atoms with Crippen LogP contribution < -0.4 is 5.32 Å². The summed E-state index contributed by atoms with van der Waals surface area (Å²) in [6, 6.07) is 7.99. The summed E-state index contributed by atoms with van der Waals surface area (Å²) in [5, 5.41) is 11.8. The molecule has 0 radical (unpaired) electrons. The molecule has 0 aliphatic heterocycles. The van der Waals surface area contributed by atoms with E-state index in [1.165, 1.54) is 12.1 Å². The van der Waals surface area contributed by atoms with Gasteiger partial charge in [0, 0.05) is 30.8 Å². The number of benzene rings is 1. The third-order valence-corrected chi connectivity index (χ3v) is 3.85. The summed E-state index contributed by atoms with van der Waals surface area (Å²) in [5.41, 5.74) is 3.04. The number of aromatic nitrogens is 5. The molecule has 3 aromatic heterocycles. The fraction of sp³-hybridized carbons (Fsp3) is 0.111. The minimum absolute atomic E-state index is 0.00151. The molecule has 0 aliphatic carbocycles. The molecule has 0 aliphatic rings. The van der Waals surface area contributed by atoms with Gasteiger partial charge in [-0.25, -0.2) is 19.3 Å². The number of aliphatic hydroxyl groups is 1. The Labute approximate surface area is 148 Å². The zero-order chi connectivity index (χ0) is 17.9. The topological polar surface area (TPSA) is 88.8 Å². The van der Waals surface area contributed by atoms with E-state index in [4.69, 9.17) is 5.11 Å². The lowest BCUT2D eigenvalue weighted by Crippen LogP contribution is -2.08. The zero-order valence-corrected chi connectivity index (χ0v) is 13.7. The van der Waals surface area contributed by atoms with Crippen LogP contribution in [0.2, 0.25) is 0 Å². The lowest BCUT2D eigenvalue weighted by atomic mass is 10.2. The molecule has 3 heterocycles. The number of pyridine rings is 1. The summed E-state index contributed by atoms with van der Waals surface area (Å²) >= 11 is 0. The molecule has 0 spiro atoms. The van der Waals surface area contributed by atoms with Gasteiger partial charge >= 0.3 is 0 Å². The summed E-state index contributed by atoms with van der Waals surface area (Å²) < 4.78 is 15.2. The van der Waals surface area contributed by atoms with Crippen molar-refractivity contribution in [1.82, 2.24) is 24.5 Å². The van der Waals surface area contributed by atoms with Gasteiger partial charge < -0.3 is 10.4 Å². The van der Waals surface area contributed by atoms with Gasteiger partial charge in [-0.3, -0.25) is 9.55 Å². The minimum Gasteiger partial charge on any atom is -0.395 e. The number of anilines is 1. The first kappa shape index (κ1) is 16.1. The quantitative estimate of drug-likeness (QED) is 0.575. The van der Waals surface area contributed by atoms with E-state index in [0.29, 0.717) is 23.9 Å². The van der Waals surface area contributed by atoms with Crippen molar-refractivity contribution in [1.29, 1.82) is 0 Å². The van der Waals surface area contributed by atoms with Crippen molar-refractivity contribution in [2.45, 2.75) is 0 Å². The molecule has 1 aromatic carbocycles. The van der Waals surface area contributed by atoms with E-state index in [2.05, 4.69) is 25.3 Å². The predicted octanol–water partition coefficient (Wildman–Crippen LogP) is 2.42. The van der Waals surface area contributed by atoms with Gasteiger partial charge in [0.25, 0.3) is 0 Å². The third kappa shape index (κ3) is 2.98. The maximum atomic E-state index is 13.3. The molecule has 2 N–H and O–H groups in total. The fourth-order valence-electron chi connectivity index (χ4n) is 2.67. The van der Waals surface area contributed by atoms with E-state index in [0.717, 1.165) is 16.7 Å². The second-order valence-electron chi connectivity index (χ2n) is 5.56. The van der Waals surface area contributed by atoms with Gasteiger partial charge in [0.05, 0.1) is 29.4 Å². The molecular weight excluding hydrogens is 335 g/mol. The van der Waals surface area contributed by atoms with E-state index in [1.807, 2.05) is 10.6 Å². The molecule has 0 bridgehead atoms. The molecule has 0 saturated heterocycles. The predicted molar refractivity (Wildman–Crippen MR) is 95.4 cm³/mol. The van der Waals surface area contributed by atoms with Crippen LogP contribution in [0.4, 0.5) is 10.3 Å². The molecule has 7 nitrogen and oxygen atoms in total. The number of nitrogens with one attached hydrogen (secondary N) is 1. The molecule has 8 heteroatoms. The largest absolute Gasteiger partial charge is 0.395 e. The maximum absolute atomic E-state index is 13.3. The van der Waals surface area contributed by atoms with Gasteiger partial charge in [0.1, 0.15) is 11.6 Å². The second-order valence-corrected chi connectivity index (χ2v) is 5.56. The summed E-state index contributed by atoms with van der Waals surface area (Å²) in [6.45, 7) is 0.373. The van der Waals surface area contributed by atoms with Crippen LogP contribution in [0.25, 0.3) is 28.1 Å². The third-order valence-electron chi connectivity index (χ3n) is 3.85. The molecule has 4 aromatic rings. The van der Waals surface area contributed by atoms with Gasteiger partial charge in [-0.15, -0.1) is 0 Å². The Hall–Kier alpha value is -3.39. The Morgan fingerprint density at radius 3 is 2.54 bits per heavy atom. The van der Waals surface area contributed by atoms with Crippen LogP contribution in [0.15, 0.2) is 55.1 Å². The Balaban J connectivity index is 1.84. The van der Waals surface area contributed by atoms with Gasteiger partial charge in [-0.05, 0) is 30.3 Å². The number of hydrogen-bond donors (Lipinski definition) is 2. The van der Waals surface area contributed by atoms with Gasteiger partial charge in [-0.2, -0.15) is 0 Å². The number of fused-ring (bicyclic) bond motifs is 1. The van der Waals surface area contributed by atoms with Crippen LogP contribution in [0.3, 0.4) is 0 Å². The van der Waals surface area contributed by atoms with E-state index in [1.54, 1.807) is 36.9 Å². The monoisotopic (exact) mass is 350 g/mol. The van der Waals surface area contributed by atoms with Crippen LogP contribution in [-0.4, -0.2) is 42.8 Å². The van der Waals surface area contributed by atoms with Gasteiger partial charge in [-0.1, -0.05) is 0 Å².